The number of rotatable bonds is 7. The van der Waals surface area contributed by atoms with Crippen LogP contribution in [0.1, 0.15) is 11.4 Å². The molecule has 2 N–H and O–H groups in total. The van der Waals surface area contributed by atoms with E-state index in [9.17, 15) is 18.7 Å². The van der Waals surface area contributed by atoms with E-state index >= 15 is 0 Å². The summed E-state index contributed by atoms with van der Waals surface area (Å²) >= 11 is 0. The molecule has 0 unspecified atom stereocenters. The molecule has 30 heavy (non-hydrogen) atoms. The lowest BCUT2D eigenvalue weighted by molar-refractivity contribution is -0.0498. The Balaban J connectivity index is 1.64. The van der Waals surface area contributed by atoms with Crippen LogP contribution in [0.5, 0.6) is 5.75 Å². The Morgan fingerprint density at radius 3 is 2.60 bits per heavy atom. The van der Waals surface area contributed by atoms with Crippen LogP contribution >= 0.6 is 0 Å². The lowest BCUT2D eigenvalue weighted by atomic mass is 10.1. The number of benzene rings is 2. The molecule has 0 atom stereocenters. The van der Waals surface area contributed by atoms with Crippen molar-refractivity contribution in [3.05, 3.63) is 82.8 Å². The van der Waals surface area contributed by atoms with Gasteiger partial charge in [0.1, 0.15) is 12.4 Å². The number of hydrogen-bond acceptors (Lipinski definition) is 5. The third-order valence-electron chi connectivity index (χ3n) is 4.49. The van der Waals surface area contributed by atoms with Crippen LogP contribution in [-0.2, 0) is 13.2 Å². The summed E-state index contributed by atoms with van der Waals surface area (Å²) in [6, 6.07) is 13.2. The molecule has 0 saturated carbocycles. The molecule has 0 bridgehead atoms. The number of aliphatic hydroxyl groups is 1. The van der Waals surface area contributed by atoms with Crippen molar-refractivity contribution in [3.63, 3.8) is 0 Å². The highest BCUT2D eigenvalue weighted by atomic mass is 19.3. The molecule has 154 valence electrons. The van der Waals surface area contributed by atoms with Gasteiger partial charge < -0.3 is 9.84 Å². The summed E-state index contributed by atoms with van der Waals surface area (Å²) in [5.74, 6) is 0.141. The van der Waals surface area contributed by atoms with Gasteiger partial charge in [0, 0.05) is 11.8 Å². The fourth-order valence-corrected chi connectivity index (χ4v) is 3.09. The monoisotopic (exact) mass is 413 g/mol. The van der Waals surface area contributed by atoms with Crippen LogP contribution in [0.4, 0.5) is 8.78 Å². The van der Waals surface area contributed by atoms with Gasteiger partial charge in [-0.2, -0.15) is 18.6 Å². The number of ether oxygens (including phenoxy) is 1. The summed E-state index contributed by atoms with van der Waals surface area (Å²) in [4.78, 5) is 12.9. The minimum atomic E-state index is -2.94. The smallest absolute Gasteiger partial charge is 0.387 e. The molecule has 2 heterocycles. The Hall–Kier alpha value is -3.79. The highest BCUT2D eigenvalue weighted by molar-refractivity contribution is 5.62. The molecule has 4 rings (SSSR count). The highest BCUT2D eigenvalue weighted by Crippen LogP contribution is 2.20. The number of aromatic nitrogens is 5. The Kier molecular flexibility index (Phi) is 5.40. The number of alkyl halides is 2. The average Bonchev–Trinajstić information content (AvgIpc) is 3.37. The van der Waals surface area contributed by atoms with Gasteiger partial charge >= 0.3 is 12.3 Å². The van der Waals surface area contributed by atoms with Gasteiger partial charge in [-0.3, -0.25) is 9.67 Å². The first-order valence-electron chi connectivity index (χ1n) is 8.98. The van der Waals surface area contributed by atoms with Crippen molar-refractivity contribution < 1.29 is 18.6 Å². The van der Waals surface area contributed by atoms with Crippen LogP contribution in [0.25, 0.3) is 16.8 Å². The molecule has 2 aromatic heterocycles. The van der Waals surface area contributed by atoms with E-state index < -0.39 is 18.9 Å². The maximum absolute atomic E-state index is 12.9. The molecular formula is C20H17F2N5O3. The number of halogens is 2. The van der Waals surface area contributed by atoms with Crippen LogP contribution in [0.15, 0.2) is 65.7 Å². The second-order valence-electron chi connectivity index (χ2n) is 6.41. The number of nitrogens with zero attached hydrogens (tertiary/aromatic N) is 4. The molecule has 0 aliphatic heterocycles. The molecule has 10 heteroatoms. The first-order chi connectivity index (χ1) is 14.5. The van der Waals surface area contributed by atoms with Crippen LogP contribution in [0, 0.1) is 0 Å². The first kappa shape index (κ1) is 19.5. The van der Waals surface area contributed by atoms with Crippen LogP contribution < -0.4 is 10.4 Å². The summed E-state index contributed by atoms with van der Waals surface area (Å²) in [6.45, 7) is -3.35. The lowest BCUT2D eigenvalue weighted by Crippen LogP contribution is -2.25. The number of aromatic amines is 1. The van der Waals surface area contributed by atoms with Crippen molar-refractivity contribution in [2.24, 2.45) is 0 Å². The Morgan fingerprint density at radius 2 is 1.93 bits per heavy atom. The minimum Gasteiger partial charge on any atom is -0.435 e. The quantitative estimate of drug-likeness (QED) is 0.485. The van der Waals surface area contributed by atoms with Gasteiger partial charge in [0.2, 0.25) is 0 Å². The van der Waals surface area contributed by atoms with E-state index in [2.05, 4.69) is 20.0 Å². The van der Waals surface area contributed by atoms with Gasteiger partial charge in [-0.1, -0.05) is 24.3 Å². The van der Waals surface area contributed by atoms with E-state index in [4.69, 9.17) is 0 Å². The predicted octanol–water partition coefficient (Wildman–Crippen LogP) is 2.57. The first-order valence-corrected chi connectivity index (χ1v) is 8.98. The number of H-pyrrole nitrogens is 1. The molecule has 0 spiro atoms. The Morgan fingerprint density at radius 1 is 1.13 bits per heavy atom. The minimum absolute atomic E-state index is 0.0108. The normalized spacial score (nSPS) is 11.2. The Bertz CT molecular complexity index is 1180. The van der Waals surface area contributed by atoms with E-state index in [-0.39, 0.29) is 18.1 Å². The fourth-order valence-electron chi connectivity index (χ4n) is 3.09. The summed E-state index contributed by atoms with van der Waals surface area (Å²) in [7, 11) is 0. The second-order valence-corrected chi connectivity index (χ2v) is 6.41. The maximum atomic E-state index is 12.9. The van der Waals surface area contributed by atoms with Crippen LogP contribution in [0.2, 0.25) is 0 Å². The fraction of sp³-hybridized carbons (Fsp3) is 0.150. The van der Waals surface area contributed by atoms with Gasteiger partial charge in [-0.15, -0.1) is 5.10 Å². The van der Waals surface area contributed by atoms with Gasteiger partial charge in [0.25, 0.3) is 0 Å². The molecule has 8 nitrogen and oxygen atoms in total. The van der Waals surface area contributed by atoms with Gasteiger partial charge in [0.15, 0.2) is 5.82 Å². The molecule has 0 aliphatic carbocycles. The van der Waals surface area contributed by atoms with Crippen molar-refractivity contribution in [3.8, 4) is 22.6 Å². The number of hydrogen-bond donors (Lipinski definition) is 2. The topological polar surface area (TPSA) is 98.0 Å². The number of nitrogens with one attached hydrogen (secondary N) is 1. The summed E-state index contributed by atoms with van der Waals surface area (Å²) in [5.41, 5.74) is 2.44. The standard InChI is InChI=1S/C20H17F2N5O3/c21-19(22)30-17-3-1-2-13(8-17)11-26-18(12-28)25-27(20(26)29)16-6-4-14(5-7-16)15-9-23-24-10-15/h1-10,19,28H,11-12H2,(H,23,24). The van der Waals surface area contributed by atoms with Gasteiger partial charge in [-0.05, 0) is 35.4 Å². The second kappa shape index (κ2) is 8.29. The van der Waals surface area contributed by atoms with E-state index in [1.807, 2.05) is 12.1 Å². The third-order valence-corrected chi connectivity index (χ3v) is 4.49. The van der Waals surface area contributed by atoms with Crippen molar-refractivity contribution in [2.75, 3.05) is 0 Å². The summed E-state index contributed by atoms with van der Waals surface area (Å²) < 4.78 is 31.8. The van der Waals surface area contributed by atoms with Crippen LogP contribution in [0.3, 0.4) is 0 Å². The van der Waals surface area contributed by atoms with Gasteiger partial charge in [-0.25, -0.2) is 4.79 Å². The zero-order valence-electron chi connectivity index (χ0n) is 15.6. The summed E-state index contributed by atoms with van der Waals surface area (Å²) in [6.07, 6.45) is 3.44. The van der Waals surface area contributed by atoms with E-state index in [0.717, 1.165) is 11.1 Å². The molecule has 2 aromatic carbocycles. The van der Waals surface area contributed by atoms with Crippen molar-refractivity contribution >= 4 is 0 Å². The molecule has 0 aliphatic rings. The zero-order valence-corrected chi connectivity index (χ0v) is 15.6. The van der Waals surface area contributed by atoms with Crippen molar-refractivity contribution in [2.45, 2.75) is 19.8 Å². The number of aliphatic hydroxyl groups excluding tert-OH is 1. The lowest BCUT2D eigenvalue weighted by Gasteiger charge is -2.08. The predicted molar refractivity (Wildman–Crippen MR) is 104 cm³/mol. The molecule has 0 radical (unpaired) electrons. The largest absolute Gasteiger partial charge is 0.435 e. The molecule has 0 saturated heterocycles. The molecular weight excluding hydrogens is 396 g/mol. The molecule has 0 fully saturated rings. The third kappa shape index (κ3) is 3.98. The molecule has 4 aromatic rings. The summed E-state index contributed by atoms with van der Waals surface area (Å²) in [5, 5.41) is 20.5. The SMILES string of the molecule is O=c1n(-c2ccc(-c3cn[nH]c3)cc2)nc(CO)n1Cc1cccc(OC(F)F)c1. The van der Waals surface area contributed by atoms with Crippen molar-refractivity contribution in [1.82, 2.24) is 24.5 Å². The average molecular weight is 413 g/mol. The highest BCUT2D eigenvalue weighted by Gasteiger charge is 2.15. The van der Waals surface area contributed by atoms with Crippen molar-refractivity contribution in [1.29, 1.82) is 0 Å². The van der Waals surface area contributed by atoms with E-state index in [1.54, 1.807) is 36.7 Å². The van der Waals surface area contributed by atoms with Gasteiger partial charge in [0.05, 0.1) is 18.4 Å². The Labute approximate surface area is 169 Å². The van der Waals surface area contributed by atoms with E-state index in [0.29, 0.717) is 11.3 Å². The van der Waals surface area contributed by atoms with Crippen LogP contribution in [-0.4, -0.2) is 36.3 Å². The maximum Gasteiger partial charge on any atom is 0.387 e. The molecule has 0 amide bonds. The zero-order chi connectivity index (χ0) is 21.1. The van der Waals surface area contributed by atoms with E-state index in [1.165, 1.54) is 21.4 Å².